The van der Waals surface area contributed by atoms with Gasteiger partial charge in [-0.2, -0.15) is 4.31 Å². The van der Waals surface area contributed by atoms with Crippen molar-refractivity contribution < 1.29 is 13.5 Å². The molecule has 0 saturated carbocycles. The van der Waals surface area contributed by atoms with E-state index in [2.05, 4.69) is 15.9 Å². The van der Waals surface area contributed by atoms with Crippen LogP contribution in [0.1, 0.15) is 19.3 Å². The summed E-state index contributed by atoms with van der Waals surface area (Å²) in [5.41, 5.74) is 0. The molecule has 1 saturated heterocycles. The molecular formula is C12H15BrClNO3S. The van der Waals surface area contributed by atoms with Crippen LogP contribution in [0.2, 0.25) is 5.02 Å². The zero-order chi connectivity index (χ0) is 14.0. The molecule has 19 heavy (non-hydrogen) atoms. The second-order valence-corrected chi connectivity index (χ2v) is 7.68. The van der Waals surface area contributed by atoms with E-state index in [1.54, 1.807) is 12.1 Å². The maximum atomic E-state index is 12.6. The van der Waals surface area contributed by atoms with E-state index in [0.717, 1.165) is 17.3 Å². The molecule has 2 rings (SSSR count). The number of rotatable bonds is 4. The van der Waals surface area contributed by atoms with E-state index in [9.17, 15) is 8.42 Å². The van der Waals surface area contributed by atoms with Gasteiger partial charge in [0.2, 0.25) is 10.0 Å². The Hall–Kier alpha value is -0.140. The third-order valence-corrected chi connectivity index (χ3v) is 6.19. The Morgan fingerprint density at radius 3 is 2.84 bits per heavy atom. The molecule has 1 aromatic rings. The van der Waals surface area contributed by atoms with Gasteiger partial charge in [-0.15, -0.1) is 0 Å². The van der Waals surface area contributed by atoms with Gasteiger partial charge in [-0.1, -0.05) is 27.5 Å². The highest BCUT2D eigenvalue weighted by atomic mass is 79.9. The standard InChI is InChI=1S/C12H15BrClNO3S/c13-9-3-4-12(11(14)8-9)19(17,18)15-6-1-2-10(15)5-7-16/h3-4,8,10,16H,1-2,5-7H2. The lowest BCUT2D eigenvalue weighted by atomic mass is 10.2. The fourth-order valence-electron chi connectivity index (χ4n) is 2.37. The second-order valence-electron chi connectivity index (χ2n) is 4.50. The zero-order valence-corrected chi connectivity index (χ0v) is 13.4. The van der Waals surface area contributed by atoms with Gasteiger partial charge in [0.05, 0.1) is 5.02 Å². The molecule has 7 heteroatoms. The largest absolute Gasteiger partial charge is 0.396 e. The molecule has 0 aromatic heterocycles. The smallest absolute Gasteiger partial charge is 0.244 e. The number of hydrogen-bond acceptors (Lipinski definition) is 3. The zero-order valence-electron chi connectivity index (χ0n) is 10.2. The van der Waals surface area contributed by atoms with E-state index < -0.39 is 10.0 Å². The summed E-state index contributed by atoms with van der Waals surface area (Å²) in [5.74, 6) is 0. The number of sulfonamides is 1. The van der Waals surface area contributed by atoms with E-state index in [1.807, 2.05) is 0 Å². The van der Waals surface area contributed by atoms with Gasteiger partial charge in [0.1, 0.15) is 4.90 Å². The lowest BCUT2D eigenvalue weighted by Gasteiger charge is -2.24. The average molecular weight is 369 g/mol. The van der Waals surface area contributed by atoms with Crippen molar-refractivity contribution in [3.63, 3.8) is 0 Å². The van der Waals surface area contributed by atoms with E-state index in [1.165, 1.54) is 10.4 Å². The van der Waals surface area contributed by atoms with Crippen molar-refractivity contribution in [2.24, 2.45) is 0 Å². The second kappa shape index (κ2) is 6.10. The molecule has 1 aliphatic heterocycles. The van der Waals surface area contributed by atoms with Crippen LogP contribution in [0.5, 0.6) is 0 Å². The highest BCUT2D eigenvalue weighted by Gasteiger charge is 2.35. The van der Waals surface area contributed by atoms with Crippen molar-refractivity contribution >= 4 is 37.6 Å². The predicted octanol–water partition coefficient (Wildman–Crippen LogP) is 2.64. The van der Waals surface area contributed by atoms with Gasteiger partial charge in [0.25, 0.3) is 0 Å². The van der Waals surface area contributed by atoms with Gasteiger partial charge in [-0.3, -0.25) is 0 Å². The maximum Gasteiger partial charge on any atom is 0.244 e. The first-order chi connectivity index (χ1) is 8.96. The number of hydrogen-bond donors (Lipinski definition) is 1. The highest BCUT2D eigenvalue weighted by Crippen LogP contribution is 2.32. The van der Waals surface area contributed by atoms with Crippen LogP contribution >= 0.6 is 27.5 Å². The molecule has 1 aromatic carbocycles. The Labute approximate surface area is 126 Å². The van der Waals surface area contributed by atoms with Crippen LogP contribution in [0.4, 0.5) is 0 Å². The predicted molar refractivity (Wildman–Crippen MR) is 77.8 cm³/mol. The van der Waals surface area contributed by atoms with Gasteiger partial charge in [0, 0.05) is 23.7 Å². The van der Waals surface area contributed by atoms with Crippen LogP contribution in [0.15, 0.2) is 27.6 Å². The quantitative estimate of drug-likeness (QED) is 0.889. The average Bonchev–Trinajstić information content (AvgIpc) is 2.78. The summed E-state index contributed by atoms with van der Waals surface area (Å²) in [7, 11) is -3.59. The van der Waals surface area contributed by atoms with Crippen LogP contribution in [0.3, 0.4) is 0 Å². The summed E-state index contributed by atoms with van der Waals surface area (Å²) < 4.78 is 27.4. The van der Waals surface area contributed by atoms with Gasteiger partial charge in [-0.25, -0.2) is 8.42 Å². The normalized spacial score (nSPS) is 20.9. The molecule has 0 radical (unpaired) electrons. The topological polar surface area (TPSA) is 57.6 Å². The molecule has 106 valence electrons. The third-order valence-electron chi connectivity index (χ3n) is 3.27. The minimum absolute atomic E-state index is 0.00917. The van der Waals surface area contributed by atoms with E-state index in [4.69, 9.17) is 16.7 Å². The molecule has 1 N–H and O–H groups in total. The van der Waals surface area contributed by atoms with Crippen LogP contribution in [-0.4, -0.2) is 37.0 Å². The van der Waals surface area contributed by atoms with E-state index in [0.29, 0.717) is 13.0 Å². The van der Waals surface area contributed by atoms with E-state index >= 15 is 0 Å². The molecule has 0 spiro atoms. The lowest BCUT2D eigenvalue weighted by Crippen LogP contribution is -2.36. The molecule has 1 fully saturated rings. The first kappa shape index (κ1) is 15.3. The van der Waals surface area contributed by atoms with Crippen LogP contribution in [-0.2, 0) is 10.0 Å². The van der Waals surface area contributed by atoms with Crippen LogP contribution in [0.25, 0.3) is 0 Å². The lowest BCUT2D eigenvalue weighted by molar-refractivity contribution is 0.246. The van der Waals surface area contributed by atoms with Crippen LogP contribution < -0.4 is 0 Å². The SMILES string of the molecule is O=S(=O)(c1ccc(Br)cc1Cl)N1CCCC1CCO. The fraction of sp³-hybridized carbons (Fsp3) is 0.500. The summed E-state index contributed by atoms with van der Waals surface area (Å²) in [6.45, 7) is 0.476. The molecule has 4 nitrogen and oxygen atoms in total. The summed E-state index contributed by atoms with van der Waals surface area (Å²) in [4.78, 5) is 0.127. The monoisotopic (exact) mass is 367 g/mol. The molecule has 1 aliphatic rings. The summed E-state index contributed by atoms with van der Waals surface area (Å²) in [6.07, 6.45) is 2.07. The van der Waals surface area contributed by atoms with Crippen molar-refractivity contribution in [3.05, 3.63) is 27.7 Å². The van der Waals surface area contributed by atoms with Crippen molar-refractivity contribution in [3.8, 4) is 0 Å². The minimum atomic E-state index is -3.59. The first-order valence-electron chi connectivity index (χ1n) is 6.04. The minimum Gasteiger partial charge on any atom is -0.396 e. The van der Waals surface area contributed by atoms with E-state index in [-0.39, 0.29) is 22.6 Å². The first-order valence-corrected chi connectivity index (χ1v) is 8.65. The number of benzene rings is 1. The Balaban J connectivity index is 2.36. The third kappa shape index (κ3) is 3.13. The Kier molecular flexibility index (Phi) is 4.89. The Bertz CT molecular complexity index is 564. The van der Waals surface area contributed by atoms with Crippen LogP contribution in [0, 0.1) is 0 Å². The summed E-state index contributed by atoms with van der Waals surface area (Å²) >= 11 is 9.29. The molecule has 0 aliphatic carbocycles. The molecular weight excluding hydrogens is 354 g/mol. The van der Waals surface area contributed by atoms with Crippen molar-refractivity contribution in [2.75, 3.05) is 13.2 Å². The Morgan fingerprint density at radius 1 is 1.47 bits per heavy atom. The molecule has 1 atom stereocenters. The van der Waals surface area contributed by atoms with Gasteiger partial charge < -0.3 is 5.11 Å². The summed E-state index contributed by atoms with van der Waals surface area (Å²) in [6, 6.07) is 4.62. The van der Waals surface area contributed by atoms with Crippen molar-refractivity contribution in [1.29, 1.82) is 0 Å². The van der Waals surface area contributed by atoms with Gasteiger partial charge >= 0.3 is 0 Å². The highest BCUT2D eigenvalue weighted by molar-refractivity contribution is 9.10. The van der Waals surface area contributed by atoms with Crippen molar-refractivity contribution in [1.82, 2.24) is 4.31 Å². The number of halogens is 2. The van der Waals surface area contributed by atoms with Crippen molar-refractivity contribution in [2.45, 2.75) is 30.2 Å². The fourth-order valence-corrected chi connectivity index (χ4v) is 5.11. The molecule has 1 heterocycles. The molecule has 1 unspecified atom stereocenters. The maximum absolute atomic E-state index is 12.6. The molecule has 0 amide bonds. The Morgan fingerprint density at radius 2 is 2.21 bits per heavy atom. The molecule has 0 bridgehead atoms. The number of nitrogens with zero attached hydrogens (tertiary/aromatic N) is 1. The van der Waals surface area contributed by atoms with Gasteiger partial charge in [0.15, 0.2) is 0 Å². The van der Waals surface area contributed by atoms with Gasteiger partial charge in [-0.05, 0) is 37.5 Å². The number of aliphatic hydroxyl groups is 1. The number of aliphatic hydroxyl groups excluding tert-OH is 1. The summed E-state index contributed by atoms with van der Waals surface area (Å²) in [5, 5.41) is 9.23.